The molecule has 2 N–H and O–H groups in total. The van der Waals surface area contributed by atoms with Crippen molar-refractivity contribution in [1.29, 1.82) is 0 Å². The summed E-state index contributed by atoms with van der Waals surface area (Å²) in [6.45, 7) is 2.60. The first-order valence-electron chi connectivity index (χ1n) is 8.60. The monoisotopic (exact) mass is 374 g/mol. The van der Waals surface area contributed by atoms with Gasteiger partial charge in [-0.15, -0.1) is 0 Å². The molecule has 2 amide bonds. The van der Waals surface area contributed by atoms with Crippen molar-refractivity contribution in [2.75, 3.05) is 25.6 Å². The molecule has 27 heavy (non-hydrogen) atoms. The number of rotatable bonds is 9. The summed E-state index contributed by atoms with van der Waals surface area (Å²) in [4.78, 5) is 24.7. The molecule has 0 radical (unpaired) electrons. The van der Waals surface area contributed by atoms with Crippen LogP contribution in [0, 0.1) is 5.82 Å². The van der Waals surface area contributed by atoms with Crippen LogP contribution in [0.2, 0.25) is 0 Å². The first kappa shape index (κ1) is 20.4. The van der Waals surface area contributed by atoms with Gasteiger partial charge in [0.1, 0.15) is 11.6 Å². The number of ether oxygens (including phenoxy) is 2. The summed E-state index contributed by atoms with van der Waals surface area (Å²) in [5, 5.41) is 5.49. The van der Waals surface area contributed by atoms with Gasteiger partial charge < -0.3 is 20.1 Å². The van der Waals surface area contributed by atoms with Crippen LogP contribution < -0.4 is 15.4 Å². The number of halogens is 1. The van der Waals surface area contributed by atoms with Gasteiger partial charge in [0.15, 0.2) is 6.10 Å². The zero-order valence-electron chi connectivity index (χ0n) is 15.3. The molecule has 6 nitrogen and oxygen atoms in total. The van der Waals surface area contributed by atoms with Gasteiger partial charge >= 0.3 is 0 Å². The Kier molecular flexibility index (Phi) is 7.76. The van der Waals surface area contributed by atoms with Crippen LogP contribution >= 0.6 is 0 Å². The molecule has 0 bridgehead atoms. The van der Waals surface area contributed by atoms with Crippen molar-refractivity contribution in [3.05, 3.63) is 59.9 Å². The second-order valence-electron chi connectivity index (χ2n) is 5.85. The molecule has 2 aromatic rings. The molecule has 1 atom stereocenters. The van der Waals surface area contributed by atoms with E-state index in [4.69, 9.17) is 9.47 Å². The molecule has 2 aromatic carbocycles. The van der Waals surface area contributed by atoms with Crippen molar-refractivity contribution < 1.29 is 23.5 Å². The van der Waals surface area contributed by atoms with Gasteiger partial charge in [-0.2, -0.15) is 0 Å². The minimum Gasteiger partial charge on any atom is -0.481 e. The molecule has 0 aliphatic rings. The lowest BCUT2D eigenvalue weighted by molar-refractivity contribution is -0.122. The van der Waals surface area contributed by atoms with E-state index < -0.39 is 12.0 Å². The van der Waals surface area contributed by atoms with Crippen molar-refractivity contribution in [2.45, 2.75) is 19.4 Å². The maximum atomic E-state index is 12.9. The number of benzene rings is 2. The molecule has 2 rings (SSSR count). The van der Waals surface area contributed by atoms with Gasteiger partial charge in [-0.1, -0.05) is 12.1 Å². The van der Waals surface area contributed by atoms with Crippen LogP contribution in [0.1, 0.15) is 23.7 Å². The Morgan fingerprint density at radius 1 is 1.11 bits per heavy atom. The van der Waals surface area contributed by atoms with Gasteiger partial charge in [0.2, 0.25) is 0 Å². The second kappa shape index (κ2) is 10.3. The largest absolute Gasteiger partial charge is 0.481 e. The highest BCUT2D eigenvalue weighted by Crippen LogP contribution is 2.17. The van der Waals surface area contributed by atoms with Crippen molar-refractivity contribution in [1.82, 2.24) is 5.32 Å². The van der Waals surface area contributed by atoms with E-state index in [9.17, 15) is 14.0 Å². The fourth-order valence-electron chi connectivity index (χ4n) is 2.31. The normalized spacial score (nSPS) is 11.5. The summed E-state index contributed by atoms with van der Waals surface area (Å²) in [5.74, 6) is -0.707. The third kappa shape index (κ3) is 6.38. The lowest BCUT2D eigenvalue weighted by atomic mass is 10.1. The lowest BCUT2D eigenvalue weighted by Crippen LogP contribution is -2.32. The molecule has 0 saturated heterocycles. The van der Waals surface area contributed by atoms with Crippen molar-refractivity contribution in [3.8, 4) is 5.75 Å². The third-order valence-corrected chi connectivity index (χ3v) is 3.74. The molecule has 144 valence electrons. The van der Waals surface area contributed by atoms with E-state index >= 15 is 0 Å². The van der Waals surface area contributed by atoms with Gasteiger partial charge in [0.05, 0.1) is 11.3 Å². The summed E-state index contributed by atoms with van der Waals surface area (Å²) in [6.07, 6.45) is -0.132. The van der Waals surface area contributed by atoms with Gasteiger partial charge in [-0.05, 0) is 49.7 Å². The molecule has 0 saturated carbocycles. The van der Waals surface area contributed by atoms with E-state index in [1.165, 1.54) is 24.3 Å². The second-order valence-corrected chi connectivity index (χ2v) is 5.85. The van der Waals surface area contributed by atoms with E-state index in [1.54, 1.807) is 38.3 Å². The van der Waals surface area contributed by atoms with Crippen LogP contribution in [0.25, 0.3) is 0 Å². The van der Waals surface area contributed by atoms with Crippen LogP contribution in [-0.2, 0) is 9.53 Å². The fourth-order valence-corrected chi connectivity index (χ4v) is 2.31. The molecular weight excluding hydrogens is 351 g/mol. The number of amides is 2. The molecule has 0 heterocycles. The molecule has 0 aliphatic heterocycles. The SMILES string of the molecule is COCCCNC(=O)c1ccccc1NC(=O)[C@@H](C)Oc1ccc(F)cc1. The minimum atomic E-state index is -0.826. The third-order valence-electron chi connectivity index (χ3n) is 3.74. The van der Waals surface area contributed by atoms with Crippen molar-refractivity contribution >= 4 is 17.5 Å². The van der Waals surface area contributed by atoms with Crippen LogP contribution in [0.4, 0.5) is 10.1 Å². The van der Waals surface area contributed by atoms with Gasteiger partial charge in [-0.3, -0.25) is 9.59 Å². The summed E-state index contributed by atoms with van der Waals surface area (Å²) >= 11 is 0. The quantitative estimate of drug-likeness (QED) is 0.662. The lowest BCUT2D eigenvalue weighted by Gasteiger charge is -2.16. The highest BCUT2D eigenvalue weighted by atomic mass is 19.1. The highest BCUT2D eigenvalue weighted by Gasteiger charge is 2.18. The van der Waals surface area contributed by atoms with Crippen molar-refractivity contribution in [3.63, 3.8) is 0 Å². The van der Waals surface area contributed by atoms with E-state index in [-0.39, 0.29) is 11.7 Å². The first-order chi connectivity index (χ1) is 13.0. The number of carbonyl (C=O) groups is 2. The average molecular weight is 374 g/mol. The average Bonchev–Trinajstić information content (AvgIpc) is 2.67. The number of anilines is 1. The smallest absolute Gasteiger partial charge is 0.265 e. The number of hydrogen-bond donors (Lipinski definition) is 2. The Balaban J connectivity index is 1.98. The molecular formula is C20H23FN2O4. The van der Waals surface area contributed by atoms with E-state index in [2.05, 4.69) is 10.6 Å². The number of carbonyl (C=O) groups excluding carboxylic acids is 2. The predicted molar refractivity (Wildman–Crippen MR) is 100 cm³/mol. The number of para-hydroxylation sites is 1. The summed E-state index contributed by atoms with van der Waals surface area (Å²) in [7, 11) is 1.60. The van der Waals surface area contributed by atoms with Crippen LogP contribution in [-0.4, -0.2) is 38.2 Å². The number of hydrogen-bond acceptors (Lipinski definition) is 4. The Bertz CT molecular complexity index is 765. The molecule has 0 unspecified atom stereocenters. The Hall–Kier alpha value is -2.93. The van der Waals surface area contributed by atoms with Crippen LogP contribution in [0.3, 0.4) is 0 Å². The summed E-state index contributed by atoms with van der Waals surface area (Å²) in [5.41, 5.74) is 0.749. The predicted octanol–water partition coefficient (Wildman–Crippen LogP) is 3.00. The molecule has 0 aromatic heterocycles. The Morgan fingerprint density at radius 3 is 2.52 bits per heavy atom. The van der Waals surface area contributed by atoms with Gasteiger partial charge in [0.25, 0.3) is 11.8 Å². The standard InChI is InChI=1S/C20H23FN2O4/c1-14(27-16-10-8-15(21)9-11-16)19(24)23-18-7-4-3-6-17(18)20(25)22-12-5-13-26-2/h3-4,6-11,14H,5,12-13H2,1-2H3,(H,22,25)(H,23,24)/t14-/m1/s1. The number of nitrogens with one attached hydrogen (secondary N) is 2. The first-order valence-corrected chi connectivity index (χ1v) is 8.60. The number of methoxy groups -OCH3 is 1. The summed E-state index contributed by atoms with van der Waals surface area (Å²) in [6, 6.07) is 12.1. The summed E-state index contributed by atoms with van der Waals surface area (Å²) < 4.78 is 23.4. The fraction of sp³-hybridized carbons (Fsp3) is 0.300. The van der Waals surface area contributed by atoms with Gasteiger partial charge in [0, 0.05) is 20.3 Å². The highest BCUT2D eigenvalue weighted by molar-refractivity contribution is 6.04. The molecule has 0 spiro atoms. The zero-order chi connectivity index (χ0) is 19.6. The van der Waals surface area contributed by atoms with Crippen LogP contribution in [0.5, 0.6) is 5.75 Å². The molecule has 0 fully saturated rings. The van der Waals surface area contributed by atoms with Crippen LogP contribution in [0.15, 0.2) is 48.5 Å². The topological polar surface area (TPSA) is 76.7 Å². The molecule has 0 aliphatic carbocycles. The van der Waals surface area contributed by atoms with Crippen molar-refractivity contribution in [2.24, 2.45) is 0 Å². The Morgan fingerprint density at radius 2 is 1.81 bits per heavy atom. The molecule has 7 heteroatoms. The van der Waals surface area contributed by atoms with Gasteiger partial charge in [-0.25, -0.2) is 4.39 Å². The minimum absolute atomic E-state index is 0.283. The maximum Gasteiger partial charge on any atom is 0.265 e. The van der Waals surface area contributed by atoms with E-state index in [0.717, 1.165) is 0 Å². The maximum absolute atomic E-state index is 12.9. The van der Waals surface area contributed by atoms with E-state index in [0.29, 0.717) is 36.6 Å². The Labute approximate surface area is 157 Å². The van der Waals surface area contributed by atoms with E-state index in [1.807, 2.05) is 0 Å². The zero-order valence-corrected chi connectivity index (χ0v) is 15.3.